The summed E-state index contributed by atoms with van der Waals surface area (Å²) in [5.74, 6) is -3.59. The van der Waals surface area contributed by atoms with Gasteiger partial charge in [0.15, 0.2) is 23.1 Å². The molecule has 1 saturated heterocycles. The molecule has 0 saturated carbocycles. The summed E-state index contributed by atoms with van der Waals surface area (Å²) in [5, 5.41) is 10.4. The molecule has 1 N–H and O–H groups in total. The number of rotatable bonds is 3. The van der Waals surface area contributed by atoms with E-state index in [2.05, 4.69) is 15.9 Å². The van der Waals surface area contributed by atoms with Gasteiger partial charge in [-0.2, -0.15) is 0 Å². The number of nitrogens with zero attached hydrogens (tertiary/aromatic N) is 1. The second-order valence-corrected chi connectivity index (χ2v) is 11.6. The van der Waals surface area contributed by atoms with Gasteiger partial charge in [0.1, 0.15) is 0 Å². The van der Waals surface area contributed by atoms with Crippen molar-refractivity contribution in [2.24, 2.45) is 17.8 Å². The number of anilines is 1. The second-order valence-electron chi connectivity index (χ2n) is 10.3. The molecule has 3 aliphatic carbocycles. The summed E-state index contributed by atoms with van der Waals surface area (Å²) >= 11 is 9.74. The highest BCUT2D eigenvalue weighted by atomic mass is 79.9. The molecule has 9 heteroatoms. The Balaban J connectivity index is 1.51. The molecule has 1 fully saturated rings. The van der Waals surface area contributed by atoms with E-state index in [0.717, 1.165) is 10.0 Å². The van der Waals surface area contributed by atoms with Crippen molar-refractivity contribution in [2.45, 2.75) is 25.7 Å². The topological polar surface area (TPSA) is 101 Å². The summed E-state index contributed by atoms with van der Waals surface area (Å²) in [6.45, 7) is 1.61. The minimum Gasteiger partial charge on any atom is -0.503 e. The van der Waals surface area contributed by atoms with Crippen molar-refractivity contribution in [3.8, 4) is 11.5 Å². The number of hydrogen-bond donors (Lipinski definition) is 1. The molecule has 0 unspecified atom stereocenters. The molecule has 0 spiro atoms. The third kappa shape index (κ3) is 3.84. The van der Waals surface area contributed by atoms with Crippen molar-refractivity contribution in [3.05, 3.63) is 85.9 Å². The maximum absolute atomic E-state index is 13.9. The summed E-state index contributed by atoms with van der Waals surface area (Å²) < 4.78 is 6.16. The fourth-order valence-corrected chi connectivity index (χ4v) is 6.98. The molecule has 2 amide bonds. The average Bonchev–Trinajstić information content (AvgIpc) is 3.18. The highest BCUT2D eigenvalue weighted by Gasteiger charge is 2.56. The Morgan fingerprint density at radius 3 is 2.46 bits per heavy atom. The van der Waals surface area contributed by atoms with Gasteiger partial charge in [-0.3, -0.25) is 24.1 Å². The maximum atomic E-state index is 13.9. The number of phenolic OH excluding ortho intramolecular Hbond substituents is 1. The Labute approximate surface area is 237 Å². The van der Waals surface area contributed by atoms with E-state index in [4.69, 9.17) is 16.3 Å². The Kier molecular flexibility index (Phi) is 6.15. The number of halogens is 2. The van der Waals surface area contributed by atoms with Gasteiger partial charge in [-0.25, -0.2) is 0 Å². The van der Waals surface area contributed by atoms with E-state index in [1.165, 1.54) is 18.1 Å². The molecule has 2 aromatic carbocycles. The molecule has 4 aliphatic rings. The number of benzene rings is 2. The first-order valence-corrected chi connectivity index (χ1v) is 13.7. The van der Waals surface area contributed by atoms with Crippen LogP contribution in [0.1, 0.15) is 31.2 Å². The number of ether oxygens (including phenoxy) is 1. The van der Waals surface area contributed by atoms with Gasteiger partial charge in [0, 0.05) is 27.1 Å². The van der Waals surface area contributed by atoms with Gasteiger partial charge in [0.25, 0.3) is 0 Å². The predicted molar refractivity (Wildman–Crippen MR) is 148 cm³/mol. The molecule has 7 nitrogen and oxygen atoms in total. The van der Waals surface area contributed by atoms with Crippen LogP contribution in [-0.2, 0) is 19.2 Å². The Hall–Kier alpha value is -3.49. The van der Waals surface area contributed by atoms with Crippen LogP contribution in [0.15, 0.2) is 75.3 Å². The van der Waals surface area contributed by atoms with Crippen molar-refractivity contribution in [2.75, 3.05) is 12.0 Å². The van der Waals surface area contributed by atoms with Gasteiger partial charge in [-0.1, -0.05) is 39.2 Å². The number of ketones is 2. The van der Waals surface area contributed by atoms with Crippen molar-refractivity contribution in [3.63, 3.8) is 0 Å². The quantitative estimate of drug-likeness (QED) is 0.283. The average molecular weight is 609 g/mol. The van der Waals surface area contributed by atoms with Crippen molar-refractivity contribution >= 4 is 56.6 Å². The third-order valence-electron chi connectivity index (χ3n) is 8.25. The van der Waals surface area contributed by atoms with E-state index in [9.17, 15) is 24.3 Å². The Morgan fingerprint density at radius 1 is 1.05 bits per heavy atom. The minimum absolute atomic E-state index is 0.0401. The lowest BCUT2D eigenvalue weighted by Gasteiger charge is -2.42. The maximum Gasteiger partial charge on any atom is 0.238 e. The summed E-state index contributed by atoms with van der Waals surface area (Å²) in [4.78, 5) is 55.5. The van der Waals surface area contributed by atoms with E-state index in [-0.39, 0.29) is 46.3 Å². The van der Waals surface area contributed by atoms with Gasteiger partial charge >= 0.3 is 0 Å². The molecule has 39 heavy (non-hydrogen) atoms. The first-order valence-electron chi connectivity index (χ1n) is 12.5. The summed E-state index contributed by atoms with van der Waals surface area (Å²) in [6, 6.07) is 10.2. The lowest BCUT2D eigenvalue weighted by Crippen LogP contribution is -2.39. The zero-order valence-electron chi connectivity index (χ0n) is 21.0. The number of aromatic hydroxyl groups is 1. The third-order valence-corrected chi connectivity index (χ3v) is 9.07. The molecule has 2 aromatic rings. The van der Waals surface area contributed by atoms with Crippen LogP contribution in [-0.4, -0.2) is 35.6 Å². The predicted octanol–water partition coefficient (Wildman–Crippen LogP) is 5.45. The Morgan fingerprint density at radius 2 is 1.77 bits per heavy atom. The smallest absolute Gasteiger partial charge is 0.238 e. The molecule has 1 heterocycles. The van der Waals surface area contributed by atoms with Gasteiger partial charge in [-0.05, 0) is 73.7 Å². The number of fused-ring (bicyclic) bond motifs is 3. The summed E-state index contributed by atoms with van der Waals surface area (Å²) in [6.07, 6.45) is 3.79. The number of imide groups is 1. The van der Waals surface area contributed by atoms with Crippen LogP contribution in [0.25, 0.3) is 0 Å². The monoisotopic (exact) mass is 607 g/mol. The highest BCUT2D eigenvalue weighted by Crippen LogP contribution is 2.56. The van der Waals surface area contributed by atoms with Crippen LogP contribution in [0.4, 0.5) is 5.69 Å². The van der Waals surface area contributed by atoms with Crippen LogP contribution < -0.4 is 9.64 Å². The van der Waals surface area contributed by atoms with Gasteiger partial charge < -0.3 is 9.84 Å². The Bertz CT molecular complexity index is 1590. The molecule has 0 radical (unpaired) electrons. The number of hydrogen-bond acceptors (Lipinski definition) is 6. The fraction of sp³-hybridized carbons (Fsp3) is 0.267. The normalized spacial score (nSPS) is 26.2. The standard InChI is InChI=1S/C30H23BrClNO6/c1-13-9-22(34)20-12-19-17(24(26(20)27(13)35)14-10-21(32)28(36)23(11-14)39-2)7-8-18-25(19)30(38)33(29(18)37)16-5-3-15(31)4-6-16/h3-7,9-11,18-19,24-25,36H,8,12H2,1-2H3/t18-,19+,24-,25-/m0/s1. The molecular weight excluding hydrogens is 586 g/mol. The van der Waals surface area contributed by atoms with Crippen LogP contribution in [0, 0.1) is 17.8 Å². The van der Waals surface area contributed by atoms with E-state index in [1.807, 2.05) is 6.08 Å². The second kappa shape index (κ2) is 9.31. The lowest BCUT2D eigenvalue weighted by molar-refractivity contribution is -0.123. The number of carbonyl (C=O) groups excluding carboxylic acids is 4. The number of methoxy groups -OCH3 is 1. The zero-order chi connectivity index (χ0) is 27.7. The minimum atomic E-state index is -0.684. The molecule has 0 aromatic heterocycles. The van der Waals surface area contributed by atoms with Crippen LogP contribution in [0.3, 0.4) is 0 Å². The fourth-order valence-electron chi connectivity index (χ4n) is 6.50. The molecule has 6 rings (SSSR count). The number of Topliss-reactive ketones (excluding diaryl/α,β-unsaturated/α-hetero) is 1. The molecule has 4 atom stereocenters. The number of allylic oxidation sites excluding steroid dienone is 6. The van der Waals surface area contributed by atoms with Crippen molar-refractivity contribution in [1.29, 1.82) is 0 Å². The van der Waals surface area contributed by atoms with E-state index < -0.39 is 23.7 Å². The van der Waals surface area contributed by atoms with Crippen molar-refractivity contribution in [1.82, 2.24) is 0 Å². The van der Waals surface area contributed by atoms with Gasteiger partial charge in [0.05, 0.1) is 29.7 Å². The summed E-state index contributed by atoms with van der Waals surface area (Å²) in [5.41, 5.74) is 2.90. The number of amides is 2. The highest BCUT2D eigenvalue weighted by molar-refractivity contribution is 9.10. The van der Waals surface area contributed by atoms with Gasteiger partial charge in [-0.15, -0.1) is 0 Å². The van der Waals surface area contributed by atoms with Crippen LogP contribution >= 0.6 is 27.5 Å². The van der Waals surface area contributed by atoms with Crippen LogP contribution in [0.5, 0.6) is 11.5 Å². The van der Waals surface area contributed by atoms with E-state index in [1.54, 1.807) is 43.3 Å². The lowest BCUT2D eigenvalue weighted by atomic mass is 9.59. The van der Waals surface area contributed by atoms with E-state index in [0.29, 0.717) is 34.4 Å². The van der Waals surface area contributed by atoms with E-state index >= 15 is 0 Å². The number of phenols is 1. The van der Waals surface area contributed by atoms with Gasteiger partial charge in [0.2, 0.25) is 11.8 Å². The first kappa shape index (κ1) is 25.8. The molecular formula is C30H23BrClNO6. The number of carbonyl (C=O) groups is 4. The SMILES string of the molecule is COc1cc([C@H]2C3=CC[C@@H]4C(=O)N(c5ccc(Br)cc5)C(=O)[C@@H]4[C@@H]3CC3=C2C(=O)C(C)=CC3=O)cc(Cl)c1O. The zero-order valence-corrected chi connectivity index (χ0v) is 23.4. The molecule has 0 bridgehead atoms. The molecule has 198 valence electrons. The summed E-state index contributed by atoms with van der Waals surface area (Å²) in [7, 11) is 1.40. The van der Waals surface area contributed by atoms with Crippen molar-refractivity contribution < 1.29 is 29.0 Å². The largest absolute Gasteiger partial charge is 0.503 e. The van der Waals surface area contributed by atoms with Crippen LogP contribution in [0.2, 0.25) is 5.02 Å². The molecule has 1 aliphatic heterocycles. The first-order chi connectivity index (χ1) is 18.6.